The van der Waals surface area contributed by atoms with Crippen molar-refractivity contribution in [2.75, 3.05) is 7.11 Å². The van der Waals surface area contributed by atoms with Gasteiger partial charge in [-0.1, -0.05) is 30.1 Å². The van der Waals surface area contributed by atoms with Crippen LogP contribution in [0.3, 0.4) is 0 Å². The predicted molar refractivity (Wildman–Crippen MR) is 81.5 cm³/mol. The van der Waals surface area contributed by atoms with Crippen molar-refractivity contribution < 1.29 is 19.7 Å². The fourth-order valence-corrected chi connectivity index (χ4v) is 1.96. The standard InChI is InChI=1S/C17H22O4/c1-11(2)6-5-7-12(3)8-9-13-10-14(18)17(21-4)16(20)15(13)19/h6,10,15-17,19-20H,3,5,7H2,1-2,4H3/t15-,16-,17-/m1/s1. The molecule has 21 heavy (non-hydrogen) atoms. The molecule has 0 bridgehead atoms. The molecule has 0 unspecified atom stereocenters. The van der Waals surface area contributed by atoms with Crippen LogP contribution < -0.4 is 0 Å². The number of allylic oxidation sites excluding steroid dienone is 3. The third kappa shape index (κ3) is 4.98. The Kier molecular flexibility index (Phi) is 6.57. The van der Waals surface area contributed by atoms with Crippen LogP contribution in [-0.4, -0.2) is 41.4 Å². The quantitative estimate of drug-likeness (QED) is 0.609. The summed E-state index contributed by atoms with van der Waals surface area (Å²) in [5, 5.41) is 19.7. The topological polar surface area (TPSA) is 66.8 Å². The molecule has 0 aliphatic heterocycles. The molecule has 0 aromatic heterocycles. The number of hydrogen-bond acceptors (Lipinski definition) is 4. The van der Waals surface area contributed by atoms with Gasteiger partial charge < -0.3 is 14.9 Å². The van der Waals surface area contributed by atoms with Crippen LogP contribution in [0.25, 0.3) is 0 Å². The molecular formula is C17H22O4. The lowest BCUT2D eigenvalue weighted by atomic mass is 9.90. The summed E-state index contributed by atoms with van der Waals surface area (Å²) in [6.45, 7) is 7.90. The first kappa shape index (κ1) is 17.4. The lowest BCUT2D eigenvalue weighted by Crippen LogP contribution is -2.47. The van der Waals surface area contributed by atoms with Crippen molar-refractivity contribution in [3.63, 3.8) is 0 Å². The molecule has 1 rings (SSSR count). The number of carbonyl (C=O) groups excluding carboxylic acids is 1. The van der Waals surface area contributed by atoms with Gasteiger partial charge in [-0.3, -0.25) is 4.79 Å². The summed E-state index contributed by atoms with van der Waals surface area (Å²) in [6, 6.07) is 0. The van der Waals surface area contributed by atoms with Crippen molar-refractivity contribution in [2.45, 2.75) is 45.0 Å². The van der Waals surface area contributed by atoms with Gasteiger partial charge in [-0.05, 0) is 38.3 Å². The minimum atomic E-state index is -1.30. The van der Waals surface area contributed by atoms with E-state index in [1.807, 2.05) is 13.8 Å². The summed E-state index contributed by atoms with van der Waals surface area (Å²) in [7, 11) is 1.31. The first-order valence-electron chi connectivity index (χ1n) is 6.84. The van der Waals surface area contributed by atoms with E-state index in [9.17, 15) is 15.0 Å². The van der Waals surface area contributed by atoms with Crippen molar-refractivity contribution in [3.05, 3.63) is 35.5 Å². The Morgan fingerprint density at radius 1 is 1.48 bits per heavy atom. The number of ether oxygens (including phenoxy) is 1. The monoisotopic (exact) mass is 290 g/mol. The third-order valence-electron chi connectivity index (χ3n) is 3.17. The second-order valence-electron chi connectivity index (χ2n) is 5.27. The largest absolute Gasteiger partial charge is 0.387 e. The summed E-state index contributed by atoms with van der Waals surface area (Å²) in [6.07, 6.45) is 1.34. The average molecular weight is 290 g/mol. The maximum atomic E-state index is 11.7. The number of methoxy groups -OCH3 is 1. The van der Waals surface area contributed by atoms with Gasteiger partial charge >= 0.3 is 0 Å². The van der Waals surface area contributed by atoms with Crippen LogP contribution in [0.4, 0.5) is 0 Å². The normalized spacial score (nSPS) is 24.7. The number of aliphatic hydroxyl groups excluding tert-OH is 2. The van der Waals surface area contributed by atoms with Gasteiger partial charge in [0, 0.05) is 12.7 Å². The smallest absolute Gasteiger partial charge is 0.188 e. The van der Waals surface area contributed by atoms with E-state index in [1.54, 1.807) is 0 Å². The first-order valence-corrected chi connectivity index (χ1v) is 6.84. The molecule has 0 saturated carbocycles. The maximum absolute atomic E-state index is 11.7. The first-order chi connectivity index (χ1) is 9.86. The Labute approximate surface area is 125 Å². The zero-order valence-corrected chi connectivity index (χ0v) is 12.7. The molecule has 4 heteroatoms. The van der Waals surface area contributed by atoms with Gasteiger partial charge in [-0.25, -0.2) is 0 Å². The number of carbonyl (C=O) groups is 1. The van der Waals surface area contributed by atoms with Crippen molar-refractivity contribution >= 4 is 5.78 Å². The Morgan fingerprint density at radius 3 is 2.71 bits per heavy atom. The molecule has 0 spiro atoms. The molecule has 114 valence electrons. The van der Waals surface area contributed by atoms with Gasteiger partial charge in [-0.15, -0.1) is 0 Å². The van der Waals surface area contributed by atoms with E-state index in [-0.39, 0.29) is 5.57 Å². The minimum Gasteiger partial charge on any atom is -0.387 e. The predicted octanol–water partition coefficient (Wildman–Crippen LogP) is 1.54. The van der Waals surface area contributed by atoms with Gasteiger partial charge in [0.2, 0.25) is 0 Å². The zero-order chi connectivity index (χ0) is 16.0. The van der Waals surface area contributed by atoms with Gasteiger partial charge in [-0.2, -0.15) is 0 Å². The minimum absolute atomic E-state index is 0.198. The van der Waals surface area contributed by atoms with Crippen LogP contribution in [-0.2, 0) is 9.53 Å². The fraction of sp³-hybridized carbons (Fsp3) is 0.471. The second-order valence-corrected chi connectivity index (χ2v) is 5.27. The SMILES string of the molecule is C=C(C#CC1=CC(=O)[C@@H](OC)[C@H](O)[C@@H]1O)CCC=C(C)C. The molecule has 1 aliphatic carbocycles. The van der Waals surface area contributed by atoms with Crippen LogP contribution in [0.1, 0.15) is 26.7 Å². The van der Waals surface area contributed by atoms with E-state index in [1.165, 1.54) is 18.8 Å². The van der Waals surface area contributed by atoms with E-state index in [0.29, 0.717) is 0 Å². The maximum Gasteiger partial charge on any atom is 0.188 e. The van der Waals surface area contributed by atoms with Crippen molar-refractivity contribution in [1.82, 2.24) is 0 Å². The molecule has 0 aromatic carbocycles. The van der Waals surface area contributed by atoms with Crippen molar-refractivity contribution in [3.8, 4) is 11.8 Å². The fourth-order valence-electron chi connectivity index (χ4n) is 1.96. The molecule has 0 radical (unpaired) electrons. The molecule has 0 amide bonds. The van der Waals surface area contributed by atoms with Crippen LogP contribution in [0, 0.1) is 11.8 Å². The van der Waals surface area contributed by atoms with E-state index in [4.69, 9.17) is 4.74 Å². The molecule has 0 fully saturated rings. The summed E-state index contributed by atoms with van der Waals surface area (Å²) in [5.74, 6) is 5.15. The molecule has 0 heterocycles. The van der Waals surface area contributed by atoms with Gasteiger partial charge in [0.15, 0.2) is 5.78 Å². The summed E-state index contributed by atoms with van der Waals surface area (Å²) >= 11 is 0. The highest BCUT2D eigenvalue weighted by Crippen LogP contribution is 2.19. The van der Waals surface area contributed by atoms with Crippen LogP contribution in [0.5, 0.6) is 0 Å². The second kappa shape index (κ2) is 7.94. The number of ketones is 1. The van der Waals surface area contributed by atoms with Gasteiger partial charge in [0.05, 0.1) is 0 Å². The Morgan fingerprint density at radius 2 is 2.14 bits per heavy atom. The molecule has 3 atom stereocenters. The van der Waals surface area contributed by atoms with E-state index in [2.05, 4.69) is 24.5 Å². The van der Waals surface area contributed by atoms with Gasteiger partial charge in [0.1, 0.15) is 18.3 Å². The Balaban J connectivity index is 2.75. The lowest BCUT2D eigenvalue weighted by Gasteiger charge is -2.27. The van der Waals surface area contributed by atoms with Gasteiger partial charge in [0.25, 0.3) is 0 Å². The Bertz CT molecular complexity index is 527. The molecule has 0 aromatic rings. The third-order valence-corrected chi connectivity index (χ3v) is 3.17. The van der Waals surface area contributed by atoms with Crippen molar-refractivity contribution in [1.29, 1.82) is 0 Å². The highest BCUT2D eigenvalue weighted by molar-refractivity contribution is 5.96. The molecule has 2 N–H and O–H groups in total. The van der Waals surface area contributed by atoms with E-state index in [0.717, 1.165) is 18.4 Å². The van der Waals surface area contributed by atoms with E-state index >= 15 is 0 Å². The number of hydrogen-bond donors (Lipinski definition) is 2. The molecule has 4 nitrogen and oxygen atoms in total. The van der Waals surface area contributed by atoms with Crippen LogP contribution in [0.2, 0.25) is 0 Å². The summed E-state index contributed by atoms with van der Waals surface area (Å²) < 4.78 is 4.86. The summed E-state index contributed by atoms with van der Waals surface area (Å²) in [5.41, 5.74) is 2.15. The Hall–Kier alpha value is -1.67. The number of aliphatic hydroxyl groups is 2. The molecule has 0 saturated heterocycles. The molecular weight excluding hydrogens is 268 g/mol. The van der Waals surface area contributed by atoms with E-state index < -0.39 is 24.1 Å². The lowest BCUT2D eigenvalue weighted by molar-refractivity contribution is -0.137. The molecule has 1 aliphatic rings. The highest BCUT2D eigenvalue weighted by Gasteiger charge is 2.37. The van der Waals surface area contributed by atoms with Crippen LogP contribution >= 0.6 is 0 Å². The summed E-state index contributed by atoms with van der Waals surface area (Å²) in [4.78, 5) is 11.7. The van der Waals surface area contributed by atoms with Crippen LogP contribution in [0.15, 0.2) is 35.5 Å². The van der Waals surface area contributed by atoms with Crippen molar-refractivity contribution in [2.24, 2.45) is 0 Å². The zero-order valence-electron chi connectivity index (χ0n) is 12.7. The number of rotatable bonds is 4. The average Bonchev–Trinajstić information content (AvgIpc) is 2.41. The highest BCUT2D eigenvalue weighted by atomic mass is 16.5.